The molecule has 0 fully saturated rings. The molecule has 27 heavy (non-hydrogen) atoms. The average Bonchev–Trinajstić information content (AvgIpc) is 3.03. The number of nitrogens with zero attached hydrogens (tertiary/aromatic N) is 2. The van der Waals surface area contributed by atoms with Crippen molar-refractivity contribution in [1.82, 2.24) is 15.1 Å². The van der Waals surface area contributed by atoms with Gasteiger partial charge in [-0.15, -0.1) is 0 Å². The SMILES string of the molecule is CC(NC(=O)c1cc(NC(=O)Cc2ccccc2)n(C)n1)c1ccccc1. The topological polar surface area (TPSA) is 76.0 Å². The summed E-state index contributed by atoms with van der Waals surface area (Å²) in [5.74, 6) is 0.0350. The highest BCUT2D eigenvalue weighted by Crippen LogP contribution is 2.14. The molecule has 1 heterocycles. The molecule has 1 atom stereocenters. The number of carbonyl (C=O) groups is 2. The standard InChI is InChI=1S/C21H22N4O2/c1-15(17-11-7-4-8-12-17)22-21(27)18-14-19(25(2)24-18)23-20(26)13-16-9-5-3-6-10-16/h3-12,14-15H,13H2,1-2H3,(H,22,27)(H,23,26). The first-order valence-corrected chi connectivity index (χ1v) is 8.76. The summed E-state index contributed by atoms with van der Waals surface area (Å²) in [6, 6.07) is 20.6. The lowest BCUT2D eigenvalue weighted by Crippen LogP contribution is -2.27. The number of hydrogen-bond donors (Lipinski definition) is 2. The molecule has 1 unspecified atom stereocenters. The van der Waals surface area contributed by atoms with Crippen molar-refractivity contribution in [2.45, 2.75) is 19.4 Å². The average molecular weight is 362 g/mol. The van der Waals surface area contributed by atoms with Gasteiger partial charge in [0.2, 0.25) is 5.91 Å². The molecule has 6 nitrogen and oxygen atoms in total. The summed E-state index contributed by atoms with van der Waals surface area (Å²) in [5.41, 5.74) is 2.19. The summed E-state index contributed by atoms with van der Waals surface area (Å²) in [5, 5.41) is 9.93. The Morgan fingerprint density at radius 3 is 2.33 bits per heavy atom. The number of anilines is 1. The van der Waals surface area contributed by atoms with Crippen molar-refractivity contribution in [2.75, 3.05) is 5.32 Å². The maximum Gasteiger partial charge on any atom is 0.272 e. The maximum atomic E-state index is 12.5. The number of aryl methyl sites for hydroxylation is 1. The van der Waals surface area contributed by atoms with Gasteiger partial charge in [0.15, 0.2) is 5.69 Å². The number of amides is 2. The zero-order chi connectivity index (χ0) is 19.2. The van der Waals surface area contributed by atoms with Crippen LogP contribution in [0.2, 0.25) is 0 Å². The van der Waals surface area contributed by atoms with Crippen LogP contribution in [-0.4, -0.2) is 21.6 Å². The predicted octanol–water partition coefficient (Wildman–Crippen LogP) is 3.09. The van der Waals surface area contributed by atoms with E-state index < -0.39 is 0 Å². The zero-order valence-electron chi connectivity index (χ0n) is 15.3. The van der Waals surface area contributed by atoms with Crippen molar-refractivity contribution < 1.29 is 9.59 Å². The first kappa shape index (κ1) is 18.4. The molecule has 2 N–H and O–H groups in total. The van der Waals surface area contributed by atoms with E-state index in [4.69, 9.17) is 0 Å². The van der Waals surface area contributed by atoms with Gasteiger partial charge in [-0.3, -0.25) is 14.3 Å². The molecule has 6 heteroatoms. The van der Waals surface area contributed by atoms with Gasteiger partial charge < -0.3 is 10.6 Å². The summed E-state index contributed by atoms with van der Waals surface area (Å²) < 4.78 is 1.49. The van der Waals surface area contributed by atoms with Crippen molar-refractivity contribution in [2.24, 2.45) is 7.05 Å². The number of carbonyl (C=O) groups excluding carboxylic acids is 2. The molecule has 138 valence electrons. The Hall–Kier alpha value is -3.41. The molecule has 1 aromatic heterocycles. The van der Waals surface area contributed by atoms with Gasteiger partial charge in [0, 0.05) is 13.1 Å². The quantitative estimate of drug-likeness (QED) is 0.707. The van der Waals surface area contributed by atoms with Crippen LogP contribution in [0.15, 0.2) is 66.7 Å². The van der Waals surface area contributed by atoms with Crippen LogP contribution < -0.4 is 10.6 Å². The lowest BCUT2D eigenvalue weighted by molar-refractivity contribution is -0.115. The van der Waals surface area contributed by atoms with Gasteiger partial charge in [0.1, 0.15) is 5.82 Å². The Kier molecular flexibility index (Phi) is 5.66. The van der Waals surface area contributed by atoms with Gasteiger partial charge >= 0.3 is 0 Å². The first-order chi connectivity index (χ1) is 13.0. The second-order valence-electron chi connectivity index (χ2n) is 6.35. The van der Waals surface area contributed by atoms with Crippen LogP contribution >= 0.6 is 0 Å². The fourth-order valence-electron chi connectivity index (χ4n) is 2.76. The van der Waals surface area contributed by atoms with Crippen LogP contribution in [0, 0.1) is 0 Å². The Morgan fingerprint density at radius 1 is 1.04 bits per heavy atom. The van der Waals surface area contributed by atoms with Crippen molar-refractivity contribution in [3.8, 4) is 0 Å². The second-order valence-corrected chi connectivity index (χ2v) is 6.35. The van der Waals surface area contributed by atoms with E-state index in [0.29, 0.717) is 5.82 Å². The molecule has 0 saturated carbocycles. The Morgan fingerprint density at radius 2 is 1.67 bits per heavy atom. The molecule has 2 aromatic carbocycles. The Balaban J connectivity index is 1.63. The van der Waals surface area contributed by atoms with Crippen LogP contribution in [0.25, 0.3) is 0 Å². The highest BCUT2D eigenvalue weighted by molar-refractivity contribution is 5.96. The van der Waals surface area contributed by atoms with E-state index in [0.717, 1.165) is 11.1 Å². The van der Waals surface area contributed by atoms with E-state index in [2.05, 4.69) is 15.7 Å². The Bertz CT molecular complexity index is 920. The van der Waals surface area contributed by atoms with Crippen molar-refractivity contribution >= 4 is 17.6 Å². The summed E-state index contributed by atoms with van der Waals surface area (Å²) in [6.45, 7) is 1.92. The lowest BCUT2D eigenvalue weighted by atomic mass is 10.1. The van der Waals surface area contributed by atoms with Crippen LogP contribution in [-0.2, 0) is 18.3 Å². The molecule has 0 spiro atoms. The minimum atomic E-state index is -0.287. The smallest absolute Gasteiger partial charge is 0.272 e. The molecule has 2 amide bonds. The molecule has 3 aromatic rings. The number of benzene rings is 2. The van der Waals surface area contributed by atoms with E-state index in [1.807, 2.05) is 67.6 Å². The van der Waals surface area contributed by atoms with Crippen molar-refractivity contribution in [1.29, 1.82) is 0 Å². The van der Waals surface area contributed by atoms with Crippen LogP contribution in [0.1, 0.15) is 34.6 Å². The monoisotopic (exact) mass is 362 g/mol. The third-order valence-corrected chi connectivity index (χ3v) is 4.23. The minimum absolute atomic E-state index is 0.142. The number of hydrogen-bond acceptors (Lipinski definition) is 3. The summed E-state index contributed by atoms with van der Waals surface area (Å²) in [7, 11) is 1.69. The predicted molar refractivity (Wildman–Crippen MR) is 104 cm³/mol. The van der Waals surface area contributed by atoms with Crippen LogP contribution in [0.4, 0.5) is 5.82 Å². The molecule has 3 rings (SSSR count). The first-order valence-electron chi connectivity index (χ1n) is 8.76. The molecular weight excluding hydrogens is 340 g/mol. The summed E-state index contributed by atoms with van der Waals surface area (Å²) in [6.07, 6.45) is 0.262. The van der Waals surface area contributed by atoms with Gasteiger partial charge in [0.05, 0.1) is 12.5 Å². The molecule has 0 radical (unpaired) electrons. The number of aromatic nitrogens is 2. The third kappa shape index (κ3) is 4.82. The third-order valence-electron chi connectivity index (χ3n) is 4.23. The van der Waals surface area contributed by atoms with E-state index in [-0.39, 0.29) is 30.0 Å². The largest absolute Gasteiger partial charge is 0.344 e. The molecular formula is C21H22N4O2. The molecule has 0 bridgehead atoms. The fourth-order valence-corrected chi connectivity index (χ4v) is 2.76. The fraction of sp³-hybridized carbons (Fsp3) is 0.190. The molecule has 0 saturated heterocycles. The van der Waals surface area contributed by atoms with Gasteiger partial charge in [-0.2, -0.15) is 5.10 Å². The Labute approximate surface area is 158 Å². The van der Waals surface area contributed by atoms with E-state index in [1.54, 1.807) is 13.1 Å². The lowest BCUT2D eigenvalue weighted by Gasteiger charge is -2.12. The number of rotatable bonds is 6. The van der Waals surface area contributed by atoms with Gasteiger partial charge in [-0.05, 0) is 18.1 Å². The van der Waals surface area contributed by atoms with E-state index >= 15 is 0 Å². The zero-order valence-corrected chi connectivity index (χ0v) is 15.3. The van der Waals surface area contributed by atoms with E-state index in [9.17, 15) is 9.59 Å². The second kappa shape index (κ2) is 8.31. The van der Waals surface area contributed by atoms with E-state index in [1.165, 1.54) is 4.68 Å². The normalized spacial score (nSPS) is 11.6. The molecule has 0 aliphatic rings. The summed E-state index contributed by atoms with van der Waals surface area (Å²) in [4.78, 5) is 24.7. The van der Waals surface area contributed by atoms with Crippen molar-refractivity contribution in [3.63, 3.8) is 0 Å². The van der Waals surface area contributed by atoms with Crippen molar-refractivity contribution in [3.05, 3.63) is 83.6 Å². The number of nitrogens with one attached hydrogen (secondary N) is 2. The highest BCUT2D eigenvalue weighted by atomic mass is 16.2. The summed E-state index contributed by atoms with van der Waals surface area (Å²) >= 11 is 0. The highest BCUT2D eigenvalue weighted by Gasteiger charge is 2.17. The maximum absolute atomic E-state index is 12.5. The minimum Gasteiger partial charge on any atom is -0.344 e. The van der Waals surface area contributed by atoms with Gasteiger partial charge in [0.25, 0.3) is 5.91 Å². The van der Waals surface area contributed by atoms with Gasteiger partial charge in [-0.25, -0.2) is 0 Å². The molecule has 0 aliphatic heterocycles. The molecule has 0 aliphatic carbocycles. The van der Waals surface area contributed by atoms with Gasteiger partial charge in [-0.1, -0.05) is 60.7 Å². The van der Waals surface area contributed by atoms with Crippen LogP contribution in [0.5, 0.6) is 0 Å². The van der Waals surface area contributed by atoms with Crippen LogP contribution in [0.3, 0.4) is 0 Å².